The fourth-order valence-corrected chi connectivity index (χ4v) is 4.93. The molecule has 1 aliphatic rings. The molecule has 4 aromatic carbocycles. The molecular formula is C35H33NO6. The second kappa shape index (κ2) is 13.2. The Morgan fingerprint density at radius 2 is 1.40 bits per heavy atom. The molecule has 1 heterocycles. The van der Waals surface area contributed by atoms with Gasteiger partial charge >= 0.3 is 0 Å². The Bertz CT molecular complexity index is 1560. The van der Waals surface area contributed by atoms with Crippen molar-refractivity contribution in [3.05, 3.63) is 137 Å². The molecule has 42 heavy (non-hydrogen) atoms. The van der Waals surface area contributed by atoms with E-state index in [4.69, 9.17) is 14.2 Å². The molecule has 1 aliphatic heterocycles. The number of hydrogen-bond donors (Lipinski definition) is 1. The largest absolute Gasteiger partial charge is 0.507 e. The predicted octanol–water partition coefficient (Wildman–Crippen LogP) is 6.22. The zero-order valence-corrected chi connectivity index (χ0v) is 23.7. The molecular weight excluding hydrogens is 530 g/mol. The van der Waals surface area contributed by atoms with Gasteiger partial charge in [-0.2, -0.15) is 0 Å². The summed E-state index contributed by atoms with van der Waals surface area (Å²) in [7, 11) is 1.53. The number of methoxy groups -OCH3 is 1. The quantitative estimate of drug-likeness (QED) is 0.132. The number of amides is 1. The number of benzene rings is 4. The Morgan fingerprint density at radius 3 is 2.07 bits per heavy atom. The number of Topliss-reactive ketones (excluding diaryl/α,β-unsaturated/α-hetero) is 1. The highest BCUT2D eigenvalue weighted by Gasteiger charge is 2.45. The Labute approximate surface area is 245 Å². The maximum atomic E-state index is 13.3. The van der Waals surface area contributed by atoms with Crippen LogP contribution in [0.15, 0.2) is 109 Å². The van der Waals surface area contributed by atoms with Crippen LogP contribution in [0.5, 0.6) is 11.5 Å². The van der Waals surface area contributed by atoms with Crippen LogP contribution in [-0.2, 0) is 27.5 Å². The summed E-state index contributed by atoms with van der Waals surface area (Å²) >= 11 is 0. The molecule has 7 heteroatoms. The minimum atomic E-state index is -0.777. The highest BCUT2D eigenvalue weighted by molar-refractivity contribution is 6.46. The van der Waals surface area contributed by atoms with E-state index in [1.807, 2.05) is 73.7 Å². The van der Waals surface area contributed by atoms with Crippen molar-refractivity contribution < 1.29 is 28.9 Å². The molecule has 0 radical (unpaired) electrons. The van der Waals surface area contributed by atoms with Crippen LogP contribution in [-0.4, -0.2) is 42.0 Å². The molecule has 7 nitrogen and oxygen atoms in total. The van der Waals surface area contributed by atoms with E-state index in [0.717, 1.165) is 16.7 Å². The van der Waals surface area contributed by atoms with Gasteiger partial charge in [0.05, 0.1) is 18.2 Å². The molecule has 0 aromatic heterocycles. The fraction of sp³-hybridized carbons (Fsp3) is 0.200. The van der Waals surface area contributed by atoms with Gasteiger partial charge in [0.2, 0.25) is 0 Å². The minimum absolute atomic E-state index is 0.0302. The normalized spacial score (nSPS) is 16.0. The lowest BCUT2D eigenvalue weighted by molar-refractivity contribution is -0.140. The van der Waals surface area contributed by atoms with E-state index in [1.165, 1.54) is 12.0 Å². The molecule has 0 bridgehead atoms. The van der Waals surface area contributed by atoms with E-state index in [-0.39, 0.29) is 24.5 Å². The molecule has 0 aliphatic carbocycles. The summed E-state index contributed by atoms with van der Waals surface area (Å²) in [5.74, 6) is -0.386. The maximum absolute atomic E-state index is 13.3. The predicted molar refractivity (Wildman–Crippen MR) is 160 cm³/mol. The highest BCUT2D eigenvalue weighted by Crippen LogP contribution is 2.40. The van der Waals surface area contributed by atoms with Crippen molar-refractivity contribution in [2.75, 3.05) is 20.3 Å². The van der Waals surface area contributed by atoms with E-state index in [2.05, 4.69) is 0 Å². The number of aliphatic hydroxyl groups is 1. The summed E-state index contributed by atoms with van der Waals surface area (Å²) < 4.78 is 17.0. The number of likely N-dealkylation sites (tertiary alicyclic amines) is 1. The van der Waals surface area contributed by atoms with Gasteiger partial charge in [-0.3, -0.25) is 9.59 Å². The average molecular weight is 564 g/mol. The number of aliphatic hydroxyl groups excluding tert-OH is 1. The van der Waals surface area contributed by atoms with Gasteiger partial charge in [0.15, 0.2) is 0 Å². The molecule has 214 valence electrons. The van der Waals surface area contributed by atoms with Crippen molar-refractivity contribution in [1.29, 1.82) is 0 Å². The lowest BCUT2D eigenvalue weighted by Crippen LogP contribution is -2.32. The van der Waals surface area contributed by atoms with Gasteiger partial charge in [0.1, 0.15) is 30.5 Å². The molecule has 1 unspecified atom stereocenters. The number of ketones is 1. The number of rotatable bonds is 11. The van der Waals surface area contributed by atoms with Gasteiger partial charge in [0.25, 0.3) is 11.7 Å². The molecule has 1 N–H and O–H groups in total. The molecule has 0 spiro atoms. The molecule has 4 aromatic rings. The van der Waals surface area contributed by atoms with Crippen molar-refractivity contribution in [2.45, 2.75) is 26.2 Å². The summed E-state index contributed by atoms with van der Waals surface area (Å²) in [5, 5.41) is 11.4. The first-order chi connectivity index (χ1) is 20.5. The van der Waals surface area contributed by atoms with Gasteiger partial charge in [0, 0.05) is 19.2 Å². The van der Waals surface area contributed by atoms with E-state index in [0.29, 0.717) is 35.8 Å². The van der Waals surface area contributed by atoms with Gasteiger partial charge in [-0.05, 0) is 65.6 Å². The van der Waals surface area contributed by atoms with E-state index in [9.17, 15) is 14.7 Å². The third-order valence-electron chi connectivity index (χ3n) is 7.30. The van der Waals surface area contributed by atoms with Crippen LogP contribution in [0.3, 0.4) is 0 Å². The lowest BCUT2D eigenvalue weighted by Gasteiger charge is -2.25. The summed E-state index contributed by atoms with van der Waals surface area (Å²) in [5.41, 5.74) is 4.38. The van der Waals surface area contributed by atoms with Crippen molar-refractivity contribution in [3.8, 4) is 11.5 Å². The standard InChI is InChI=1S/C35H33NO6/c1-24-8-6-7-11-28(24)23-42-30-18-14-27(15-19-30)33(37)31-32(36(20-21-40-2)35(39)34(31)38)26-12-16-29(17-13-26)41-22-25-9-4-3-5-10-25/h3-19,32,37H,20-23H2,1-2H3/b33-31+. The Morgan fingerprint density at radius 1 is 0.786 bits per heavy atom. The van der Waals surface area contributed by atoms with E-state index < -0.39 is 17.7 Å². The van der Waals surface area contributed by atoms with Crippen LogP contribution >= 0.6 is 0 Å². The molecule has 1 saturated heterocycles. The van der Waals surface area contributed by atoms with Crippen molar-refractivity contribution in [3.63, 3.8) is 0 Å². The number of ether oxygens (including phenoxy) is 3. The van der Waals surface area contributed by atoms with Crippen LogP contribution in [0.2, 0.25) is 0 Å². The first kappa shape index (κ1) is 28.6. The summed E-state index contributed by atoms with van der Waals surface area (Å²) in [6.45, 7) is 3.30. The Hall–Kier alpha value is -4.88. The number of nitrogens with zero attached hydrogens (tertiary/aromatic N) is 1. The zero-order chi connectivity index (χ0) is 29.5. The van der Waals surface area contributed by atoms with Crippen LogP contribution < -0.4 is 9.47 Å². The summed E-state index contributed by atoms with van der Waals surface area (Å²) in [4.78, 5) is 27.8. The molecule has 1 atom stereocenters. The van der Waals surface area contributed by atoms with Crippen LogP contribution in [0.25, 0.3) is 5.76 Å². The zero-order valence-electron chi connectivity index (χ0n) is 23.7. The van der Waals surface area contributed by atoms with Crippen molar-refractivity contribution >= 4 is 17.4 Å². The van der Waals surface area contributed by atoms with E-state index >= 15 is 0 Å². The second-order valence-electron chi connectivity index (χ2n) is 10.1. The number of aryl methyl sites for hydroxylation is 1. The Kier molecular flexibility index (Phi) is 8.99. The minimum Gasteiger partial charge on any atom is -0.507 e. The van der Waals surface area contributed by atoms with Crippen molar-refractivity contribution in [1.82, 2.24) is 4.90 Å². The third kappa shape index (κ3) is 6.37. The smallest absolute Gasteiger partial charge is 0.295 e. The third-order valence-corrected chi connectivity index (χ3v) is 7.30. The number of carbonyl (C=O) groups is 2. The SMILES string of the molecule is COCCN1C(=O)C(=O)/C(=C(/O)c2ccc(OCc3ccccc3C)cc2)C1c1ccc(OCc2ccccc2)cc1. The first-order valence-electron chi connectivity index (χ1n) is 13.8. The lowest BCUT2D eigenvalue weighted by atomic mass is 9.95. The van der Waals surface area contributed by atoms with Crippen LogP contribution in [0.4, 0.5) is 0 Å². The Balaban J connectivity index is 1.39. The van der Waals surface area contributed by atoms with Gasteiger partial charge in [-0.1, -0.05) is 66.7 Å². The van der Waals surface area contributed by atoms with Gasteiger partial charge < -0.3 is 24.2 Å². The van der Waals surface area contributed by atoms with Gasteiger partial charge in [-0.25, -0.2) is 0 Å². The van der Waals surface area contributed by atoms with Crippen molar-refractivity contribution in [2.24, 2.45) is 0 Å². The topological polar surface area (TPSA) is 85.3 Å². The average Bonchev–Trinajstić information content (AvgIpc) is 3.28. The van der Waals surface area contributed by atoms with Gasteiger partial charge in [-0.15, -0.1) is 0 Å². The number of hydrogen-bond acceptors (Lipinski definition) is 6. The van der Waals surface area contributed by atoms with Crippen LogP contribution in [0, 0.1) is 6.92 Å². The summed E-state index contributed by atoms with van der Waals surface area (Å²) in [6.07, 6.45) is 0. The molecule has 5 rings (SSSR count). The fourth-order valence-electron chi connectivity index (χ4n) is 4.93. The van der Waals surface area contributed by atoms with E-state index in [1.54, 1.807) is 36.4 Å². The number of carbonyl (C=O) groups excluding carboxylic acids is 2. The molecule has 0 saturated carbocycles. The maximum Gasteiger partial charge on any atom is 0.295 e. The summed E-state index contributed by atoms with van der Waals surface area (Å²) in [6, 6.07) is 31.1. The first-order valence-corrected chi connectivity index (χ1v) is 13.8. The molecule has 1 fully saturated rings. The second-order valence-corrected chi connectivity index (χ2v) is 10.1. The molecule has 1 amide bonds. The monoisotopic (exact) mass is 563 g/mol. The van der Waals surface area contributed by atoms with Crippen LogP contribution in [0.1, 0.15) is 33.9 Å². The highest BCUT2D eigenvalue weighted by atomic mass is 16.5.